The summed E-state index contributed by atoms with van der Waals surface area (Å²) in [5.41, 5.74) is -0.0250. The Bertz CT molecular complexity index is 413. The van der Waals surface area contributed by atoms with E-state index < -0.39 is 5.60 Å². The van der Waals surface area contributed by atoms with E-state index in [0.717, 1.165) is 5.69 Å². The van der Waals surface area contributed by atoms with Gasteiger partial charge in [0.2, 0.25) is 5.91 Å². The van der Waals surface area contributed by atoms with Gasteiger partial charge in [0.15, 0.2) is 0 Å². The molecule has 0 atom stereocenters. The summed E-state index contributed by atoms with van der Waals surface area (Å²) in [7, 11) is 0. The van der Waals surface area contributed by atoms with Gasteiger partial charge in [0.25, 0.3) is 0 Å². The summed E-state index contributed by atoms with van der Waals surface area (Å²) in [4.78, 5) is 14.1. The maximum Gasteiger partial charge on any atom is 0.229 e. The molecular formula is C15H21NO3. The van der Waals surface area contributed by atoms with Gasteiger partial charge >= 0.3 is 0 Å². The van der Waals surface area contributed by atoms with Gasteiger partial charge in [-0.05, 0) is 19.1 Å². The Hall–Kier alpha value is -1.39. The Morgan fingerprint density at radius 2 is 1.95 bits per heavy atom. The van der Waals surface area contributed by atoms with Crippen LogP contribution >= 0.6 is 0 Å². The molecule has 0 aromatic heterocycles. The predicted molar refractivity (Wildman–Crippen MR) is 74.1 cm³/mol. The van der Waals surface area contributed by atoms with Gasteiger partial charge in [-0.3, -0.25) is 4.79 Å². The average Bonchev–Trinajstić information content (AvgIpc) is 2.41. The SMILES string of the molecule is CCN(C(=O)CC1(O)CCOCC1)c1ccccc1. The van der Waals surface area contributed by atoms with Crippen LogP contribution in [-0.4, -0.2) is 36.4 Å². The largest absolute Gasteiger partial charge is 0.389 e. The number of benzene rings is 1. The zero-order chi connectivity index (χ0) is 13.7. The molecule has 1 aromatic carbocycles. The van der Waals surface area contributed by atoms with Crippen LogP contribution in [0.5, 0.6) is 0 Å². The molecule has 1 N–H and O–H groups in total. The molecule has 4 nitrogen and oxygen atoms in total. The van der Waals surface area contributed by atoms with E-state index in [-0.39, 0.29) is 12.3 Å². The first-order valence-corrected chi connectivity index (χ1v) is 6.80. The first-order valence-electron chi connectivity index (χ1n) is 6.80. The van der Waals surface area contributed by atoms with Gasteiger partial charge in [-0.1, -0.05) is 18.2 Å². The van der Waals surface area contributed by atoms with Gasteiger partial charge in [-0.25, -0.2) is 0 Å². The van der Waals surface area contributed by atoms with E-state index in [1.807, 2.05) is 37.3 Å². The van der Waals surface area contributed by atoms with Crippen LogP contribution < -0.4 is 4.90 Å². The molecule has 19 heavy (non-hydrogen) atoms. The van der Waals surface area contributed by atoms with Crippen molar-refractivity contribution in [3.63, 3.8) is 0 Å². The highest BCUT2D eigenvalue weighted by Gasteiger charge is 2.33. The Kier molecular flexibility index (Phi) is 4.56. The molecule has 0 saturated carbocycles. The van der Waals surface area contributed by atoms with Crippen LogP contribution in [-0.2, 0) is 9.53 Å². The molecule has 0 radical (unpaired) electrons. The van der Waals surface area contributed by atoms with Crippen molar-refractivity contribution in [3.8, 4) is 0 Å². The minimum atomic E-state index is -0.905. The second kappa shape index (κ2) is 6.17. The van der Waals surface area contributed by atoms with Gasteiger partial charge in [0.1, 0.15) is 0 Å². The minimum absolute atomic E-state index is 0.0295. The number of ether oxygens (including phenoxy) is 1. The lowest BCUT2D eigenvalue weighted by atomic mass is 9.90. The standard InChI is InChI=1S/C15H21NO3/c1-2-16(13-6-4-3-5-7-13)14(17)12-15(18)8-10-19-11-9-15/h3-7,18H,2,8-12H2,1H3. The average molecular weight is 263 g/mol. The highest BCUT2D eigenvalue weighted by atomic mass is 16.5. The van der Waals surface area contributed by atoms with Crippen molar-refractivity contribution in [3.05, 3.63) is 30.3 Å². The van der Waals surface area contributed by atoms with Crippen molar-refractivity contribution < 1.29 is 14.6 Å². The Balaban J connectivity index is 2.05. The zero-order valence-electron chi connectivity index (χ0n) is 11.3. The molecule has 2 rings (SSSR count). The van der Waals surface area contributed by atoms with Crippen LogP contribution in [0.3, 0.4) is 0 Å². The summed E-state index contributed by atoms with van der Waals surface area (Å²) in [5.74, 6) is -0.0295. The summed E-state index contributed by atoms with van der Waals surface area (Å²) in [6.07, 6.45) is 1.23. The summed E-state index contributed by atoms with van der Waals surface area (Å²) in [6.45, 7) is 3.61. The van der Waals surface area contributed by atoms with E-state index in [9.17, 15) is 9.90 Å². The fraction of sp³-hybridized carbons (Fsp3) is 0.533. The van der Waals surface area contributed by atoms with Crippen molar-refractivity contribution in [1.29, 1.82) is 0 Å². The number of para-hydroxylation sites is 1. The van der Waals surface area contributed by atoms with Crippen molar-refractivity contribution in [2.75, 3.05) is 24.7 Å². The number of anilines is 1. The van der Waals surface area contributed by atoms with Gasteiger partial charge in [-0.2, -0.15) is 0 Å². The molecule has 1 heterocycles. The summed E-state index contributed by atoms with van der Waals surface area (Å²) in [5, 5.41) is 10.4. The van der Waals surface area contributed by atoms with Crippen molar-refractivity contribution in [1.82, 2.24) is 0 Å². The number of carbonyl (C=O) groups excluding carboxylic acids is 1. The summed E-state index contributed by atoms with van der Waals surface area (Å²) >= 11 is 0. The molecule has 1 aliphatic heterocycles. The monoisotopic (exact) mass is 263 g/mol. The van der Waals surface area contributed by atoms with Crippen LogP contribution in [0.4, 0.5) is 5.69 Å². The maximum atomic E-state index is 12.4. The first kappa shape index (κ1) is 14.0. The molecule has 1 amide bonds. The lowest BCUT2D eigenvalue weighted by molar-refractivity contribution is -0.128. The fourth-order valence-corrected chi connectivity index (χ4v) is 2.42. The van der Waals surface area contributed by atoms with Gasteiger partial charge in [0, 0.05) is 38.3 Å². The Morgan fingerprint density at radius 3 is 2.53 bits per heavy atom. The summed E-state index contributed by atoms with van der Waals surface area (Å²) in [6, 6.07) is 9.57. The van der Waals surface area contributed by atoms with E-state index in [4.69, 9.17) is 4.74 Å². The third-order valence-corrected chi connectivity index (χ3v) is 3.59. The highest BCUT2D eigenvalue weighted by molar-refractivity contribution is 5.93. The van der Waals surface area contributed by atoms with Crippen molar-refractivity contribution in [2.45, 2.75) is 31.8 Å². The quantitative estimate of drug-likeness (QED) is 0.903. The predicted octanol–water partition coefficient (Wildman–Crippen LogP) is 1.97. The molecule has 0 bridgehead atoms. The lowest BCUT2D eigenvalue weighted by Crippen LogP contribution is -2.43. The molecule has 0 aliphatic carbocycles. The van der Waals surface area contributed by atoms with E-state index in [0.29, 0.717) is 32.6 Å². The van der Waals surface area contributed by atoms with Crippen molar-refractivity contribution in [2.24, 2.45) is 0 Å². The molecule has 104 valence electrons. The molecular weight excluding hydrogens is 242 g/mol. The second-order valence-electron chi connectivity index (χ2n) is 4.99. The third-order valence-electron chi connectivity index (χ3n) is 3.59. The molecule has 1 fully saturated rings. The number of hydrogen-bond donors (Lipinski definition) is 1. The second-order valence-corrected chi connectivity index (χ2v) is 4.99. The van der Waals surface area contributed by atoms with Gasteiger partial charge < -0.3 is 14.7 Å². The number of rotatable bonds is 4. The summed E-state index contributed by atoms with van der Waals surface area (Å²) < 4.78 is 5.23. The first-order chi connectivity index (χ1) is 9.14. The fourth-order valence-electron chi connectivity index (χ4n) is 2.42. The molecule has 0 spiro atoms. The topological polar surface area (TPSA) is 49.8 Å². The number of carbonyl (C=O) groups is 1. The lowest BCUT2D eigenvalue weighted by Gasteiger charge is -2.33. The van der Waals surface area contributed by atoms with Gasteiger partial charge in [0.05, 0.1) is 12.0 Å². The normalized spacial score (nSPS) is 18.0. The van der Waals surface area contributed by atoms with Crippen LogP contribution in [0.2, 0.25) is 0 Å². The van der Waals surface area contributed by atoms with Crippen LogP contribution in [0.1, 0.15) is 26.2 Å². The zero-order valence-corrected chi connectivity index (χ0v) is 11.3. The van der Waals surface area contributed by atoms with Crippen LogP contribution in [0.25, 0.3) is 0 Å². The van der Waals surface area contributed by atoms with E-state index in [1.165, 1.54) is 0 Å². The van der Waals surface area contributed by atoms with E-state index in [2.05, 4.69) is 0 Å². The van der Waals surface area contributed by atoms with E-state index >= 15 is 0 Å². The molecule has 1 aromatic rings. The van der Waals surface area contributed by atoms with Crippen molar-refractivity contribution >= 4 is 11.6 Å². The number of amides is 1. The Morgan fingerprint density at radius 1 is 1.32 bits per heavy atom. The van der Waals surface area contributed by atoms with Gasteiger partial charge in [-0.15, -0.1) is 0 Å². The van der Waals surface area contributed by atoms with E-state index in [1.54, 1.807) is 4.90 Å². The third kappa shape index (κ3) is 3.55. The molecule has 1 aliphatic rings. The smallest absolute Gasteiger partial charge is 0.229 e. The van der Waals surface area contributed by atoms with Crippen LogP contribution in [0.15, 0.2) is 30.3 Å². The minimum Gasteiger partial charge on any atom is -0.389 e. The highest BCUT2D eigenvalue weighted by Crippen LogP contribution is 2.26. The maximum absolute atomic E-state index is 12.4. The van der Waals surface area contributed by atoms with Crippen LogP contribution in [0, 0.1) is 0 Å². The number of nitrogens with zero attached hydrogens (tertiary/aromatic N) is 1. The number of aliphatic hydroxyl groups is 1. The Labute approximate surface area is 114 Å². The number of hydrogen-bond acceptors (Lipinski definition) is 3. The molecule has 1 saturated heterocycles. The molecule has 0 unspecified atom stereocenters. The molecule has 4 heteroatoms.